The molecule has 2 nitrogen and oxygen atoms in total. The largest absolute Gasteiger partial charge is 0.496 e. The molecule has 12 heavy (non-hydrogen) atoms. The fourth-order valence-corrected chi connectivity index (χ4v) is 1.49. The molecule has 0 aromatic heterocycles. The van der Waals surface area contributed by atoms with E-state index in [1.54, 1.807) is 7.11 Å². The molecular formula is C9H12BrNO. The van der Waals surface area contributed by atoms with Gasteiger partial charge in [0.15, 0.2) is 0 Å². The van der Waals surface area contributed by atoms with Crippen molar-refractivity contribution in [3.63, 3.8) is 0 Å². The summed E-state index contributed by atoms with van der Waals surface area (Å²) < 4.78 is 5.19. The first-order chi connectivity index (χ1) is 5.81. The van der Waals surface area contributed by atoms with E-state index in [4.69, 9.17) is 10.5 Å². The van der Waals surface area contributed by atoms with E-state index >= 15 is 0 Å². The molecule has 0 saturated carbocycles. The van der Waals surface area contributed by atoms with Crippen LogP contribution in [-0.2, 0) is 11.9 Å². The number of hydrogen-bond donors (Lipinski definition) is 1. The second kappa shape index (κ2) is 4.48. The van der Waals surface area contributed by atoms with Gasteiger partial charge in [0, 0.05) is 17.4 Å². The Bertz CT molecular complexity index is 263. The van der Waals surface area contributed by atoms with Gasteiger partial charge >= 0.3 is 0 Å². The molecule has 0 unspecified atom stereocenters. The van der Waals surface area contributed by atoms with E-state index in [1.807, 2.05) is 18.2 Å². The summed E-state index contributed by atoms with van der Waals surface area (Å²) in [6.45, 7) is 0.554. The summed E-state index contributed by atoms with van der Waals surface area (Å²) in [5, 5.41) is 0.807. The molecule has 0 heterocycles. The highest BCUT2D eigenvalue weighted by Gasteiger charge is 2.01. The zero-order chi connectivity index (χ0) is 8.97. The van der Waals surface area contributed by atoms with Gasteiger partial charge in [-0.2, -0.15) is 0 Å². The first kappa shape index (κ1) is 9.55. The topological polar surface area (TPSA) is 35.2 Å². The Morgan fingerprint density at radius 1 is 1.50 bits per heavy atom. The average molecular weight is 230 g/mol. The van der Waals surface area contributed by atoms with Crippen molar-refractivity contribution in [2.45, 2.75) is 11.9 Å². The Kier molecular flexibility index (Phi) is 3.56. The molecule has 0 fully saturated rings. The number of benzene rings is 1. The van der Waals surface area contributed by atoms with Crippen LogP contribution in [-0.4, -0.2) is 7.11 Å². The van der Waals surface area contributed by atoms with Crippen LogP contribution in [0.1, 0.15) is 11.1 Å². The van der Waals surface area contributed by atoms with Gasteiger partial charge in [0.25, 0.3) is 0 Å². The van der Waals surface area contributed by atoms with Gasteiger partial charge < -0.3 is 10.5 Å². The Morgan fingerprint density at radius 3 is 2.75 bits per heavy atom. The van der Waals surface area contributed by atoms with Crippen LogP contribution in [0.4, 0.5) is 0 Å². The van der Waals surface area contributed by atoms with Crippen molar-refractivity contribution in [1.29, 1.82) is 0 Å². The van der Waals surface area contributed by atoms with Crippen molar-refractivity contribution in [1.82, 2.24) is 0 Å². The van der Waals surface area contributed by atoms with Gasteiger partial charge in [-0.05, 0) is 11.6 Å². The van der Waals surface area contributed by atoms with Crippen LogP contribution in [0.25, 0.3) is 0 Å². The molecule has 0 spiro atoms. The molecule has 0 atom stereocenters. The maximum Gasteiger partial charge on any atom is 0.123 e. The van der Waals surface area contributed by atoms with Crippen LogP contribution in [0.15, 0.2) is 18.2 Å². The summed E-state index contributed by atoms with van der Waals surface area (Å²) in [6, 6.07) is 6.01. The van der Waals surface area contributed by atoms with Gasteiger partial charge in [-0.25, -0.2) is 0 Å². The van der Waals surface area contributed by atoms with E-state index in [0.717, 1.165) is 22.2 Å². The van der Waals surface area contributed by atoms with E-state index in [0.29, 0.717) is 6.54 Å². The summed E-state index contributed by atoms with van der Waals surface area (Å²) in [5.74, 6) is 0.898. The maximum absolute atomic E-state index is 5.50. The molecule has 0 radical (unpaired) electrons. The van der Waals surface area contributed by atoms with Crippen molar-refractivity contribution in [2.75, 3.05) is 7.11 Å². The molecule has 0 aliphatic heterocycles. The second-order valence-electron chi connectivity index (χ2n) is 2.48. The zero-order valence-electron chi connectivity index (χ0n) is 7.01. The third-order valence-electron chi connectivity index (χ3n) is 1.73. The number of methoxy groups -OCH3 is 1. The molecule has 1 aromatic carbocycles. The first-order valence-corrected chi connectivity index (χ1v) is 4.85. The smallest absolute Gasteiger partial charge is 0.123 e. The van der Waals surface area contributed by atoms with E-state index in [9.17, 15) is 0 Å². The lowest BCUT2D eigenvalue weighted by Crippen LogP contribution is -1.98. The normalized spacial score (nSPS) is 9.92. The molecule has 0 aliphatic rings. The summed E-state index contributed by atoms with van der Waals surface area (Å²) in [7, 11) is 1.67. The Morgan fingerprint density at radius 2 is 2.25 bits per heavy atom. The molecule has 1 aromatic rings. The Labute approximate surface area is 80.8 Å². The molecule has 66 valence electrons. The lowest BCUT2D eigenvalue weighted by atomic mass is 10.1. The average Bonchev–Trinajstić information content (AvgIpc) is 2.16. The van der Waals surface area contributed by atoms with E-state index in [1.165, 1.54) is 0 Å². The minimum atomic E-state index is 0.554. The number of rotatable bonds is 3. The molecule has 3 heteroatoms. The summed E-state index contributed by atoms with van der Waals surface area (Å²) in [6.07, 6.45) is 0. The SMILES string of the molecule is COc1cc(CN)ccc1CBr. The molecule has 0 aliphatic carbocycles. The highest BCUT2D eigenvalue weighted by atomic mass is 79.9. The number of alkyl halides is 1. The minimum Gasteiger partial charge on any atom is -0.496 e. The van der Waals surface area contributed by atoms with E-state index < -0.39 is 0 Å². The van der Waals surface area contributed by atoms with Crippen molar-refractivity contribution in [3.8, 4) is 5.75 Å². The Balaban J connectivity index is 3.02. The number of hydrogen-bond acceptors (Lipinski definition) is 2. The third-order valence-corrected chi connectivity index (χ3v) is 2.34. The van der Waals surface area contributed by atoms with E-state index in [-0.39, 0.29) is 0 Å². The lowest BCUT2D eigenvalue weighted by Gasteiger charge is -2.07. The number of nitrogens with two attached hydrogens (primary N) is 1. The fraction of sp³-hybridized carbons (Fsp3) is 0.333. The number of ether oxygens (including phenoxy) is 1. The molecule has 0 amide bonds. The van der Waals surface area contributed by atoms with Gasteiger partial charge in [-0.3, -0.25) is 0 Å². The zero-order valence-corrected chi connectivity index (χ0v) is 8.60. The van der Waals surface area contributed by atoms with Crippen LogP contribution in [0.3, 0.4) is 0 Å². The number of halogens is 1. The summed E-state index contributed by atoms with van der Waals surface area (Å²) >= 11 is 3.38. The van der Waals surface area contributed by atoms with Crippen LogP contribution >= 0.6 is 15.9 Å². The highest BCUT2D eigenvalue weighted by molar-refractivity contribution is 9.08. The molecule has 1 rings (SSSR count). The summed E-state index contributed by atoms with van der Waals surface area (Å²) in [5.41, 5.74) is 7.74. The fourth-order valence-electron chi connectivity index (χ4n) is 1.03. The Hall–Kier alpha value is -0.540. The van der Waals surface area contributed by atoms with Gasteiger partial charge in [0.2, 0.25) is 0 Å². The third kappa shape index (κ3) is 1.99. The minimum absolute atomic E-state index is 0.554. The van der Waals surface area contributed by atoms with Crippen LogP contribution in [0.2, 0.25) is 0 Å². The molecule has 0 bridgehead atoms. The standard InChI is InChI=1S/C9H12BrNO/c1-12-9-4-7(6-11)2-3-8(9)5-10/h2-4H,5-6,11H2,1H3. The maximum atomic E-state index is 5.50. The van der Waals surface area contributed by atoms with Crippen molar-refractivity contribution in [2.24, 2.45) is 5.73 Å². The molecule has 2 N–H and O–H groups in total. The van der Waals surface area contributed by atoms with Crippen LogP contribution in [0, 0.1) is 0 Å². The summed E-state index contributed by atoms with van der Waals surface area (Å²) in [4.78, 5) is 0. The van der Waals surface area contributed by atoms with E-state index in [2.05, 4.69) is 15.9 Å². The molecular weight excluding hydrogens is 218 g/mol. The van der Waals surface area contributed by atoms with Gasteiger partial charge in [0.05, 0.1) is 7.11 Å². The highest BCUT2D eigenvalue weighted by Crippen LogP contribution is 2.22. The predicted molar refractivity (Wildman–Crippen MR) is 53.5 cm³/mol. The molecule has 0 saturated heterocycles. The predicted octanol–water partition coefficient (Wildman–Crippen LogP) is 2.05. The lowest BCUT2D eigenvalue weighted by molar-refractivity contribution is 0.411. The quantitative estimate of drug-likeness (QED) is 0.806. The van der Waals surface area contributed by atoms with Crippen LogP contribution < -0.4 is 10.5 Å². The second-order valence-corrected chi connectivity index (χ2v) is 3.04. The monoisotopic (exact) mass is 229 g/mol. The van der Waals surface area contributed by atoms with Crippen molar-refractivity contribution < 1.29 is 4.74 Å². The van der Waals surface area contributed by atoms with Gasteiger partial charge in [0.1, 0.15) is 5.75 Å². The van der Waals surface area contributed by atoms with Crippen LogP contribution in [0.5, 0.6) is 5.75 Å². The van der Waals surface area contributed by atoms with Crippen molar-refractivity contribution in [3.05, 3.63) is 29.3 Å². The van der Waals surface area contributed by atoms with Gasteiger partial charge in [-0.15, -0.1) is 0 Å². The first-order valence-electron chi connectivity index (χ1n) is 3.73. The van der Waals surface area contributed by atoms with Crippen molar-refractivity contribution >= 4 is 15.9 Å². The van der Waals surface area contributed by atoms with Gasteiger partial charge in [-0.1, -0.05) is 28.1 Å².